The second-order valence-corrected chi connectivity index (χ2v) is 19.1. The number of carbonyl (C=O) groups excluding carboxylic acids is 2. The molecule has 1 aliphatic heterocycles. The third kappa shape index (κ3) is 11.9. The van der Waals surface area contributed by atoms with E-state index in [1.807, 2.05) is 13.2 Å². The molecule has 2 atom stereocenters. The first-order valence-corrected chi connectivity index (χ1v) is 23.7. The summed E-state index contributed by atoms with van der Waals surface area (Å²) in [5, 5.41) is 7.76. The fourth-order valence-corrected chi connectivity index (χ4v) is 10.1. The molecule has 4 aromatic rings. The number of allylic oxidation sites excluding steroid dienone is 1. The van der Waals surface area contributed by atoms with E-state index in [1.54, 1.807) is 9.80 Å². The fourth-order valence-electron chi connectivity index (χ4n) is 10.1. The minimum absolute atomic E-state index is 0.00347. The lowest BCUT2D eigenvalue weighted by atomic mass is 9.80. The molecule has 11 nitrogen and oxygen atoms in total. The van der Waals surface area contributed by atoms with Crippen LogP contribution in [-0.4, -0.2) is 69.7 Å². The number of hydrogen-bond acceptors (Lipinski definition) is 8. The summed E-state index contributed by atoms with van der Waals surface area (Å²) in [6, 6.07) is 22.5. The molecule has 2 aromatic carbocycles. The molecule has 1 saturated heterocycles. The van der Waals surface area contributed by atoms with Crippen molar-refractivity contribution < 1.29 is 14.3 Å². The number of terminal acetylenes is 2. The first-order valence-electron chi connectivity index (χ1n) is 23.7. The minimum Gasteiger partial charge on any atom is -0.446 e. The van der Waals surface area contributed by atoms with Crippen LogP contribution in [0.5, 0.6) is 0 Å². The molecule has 1 saturated carbocycles. The molecule has 66 heavy (non-hydrogen) atoms. The van der Waals surface area contributed by atoms with Gasteiger partial charge in [0.05, 0.1) is 30.3 Å². The van der Waals surface area contributed by atoms with Crippen LogP contribution in [0.1, 0.15) is 116 Å². The van der Waals surface area contributed by atoms with Gasteiger partial charge in [-0.05, 0) is 117 Å². The maximum absolute atomic E-state index is 14.1. The van der Waals surface area contributed by atoms with Gasteiger partial charge in [0.15, 0.2) is 0 Å². The molecule has 3 aliphatic rings. The number of amides is 2. The van der Waals surface area contributed by atoms with E-state index < -0.39 is 11.6 Å². The Morgan fingerprint density at radius 1 is 1.08 bits per heavy atom. The predicted octanol–water partition coefficient (Wildman–Crippen LogP) is 9.03. The lowest BCUT2D eigenvalue weighted by molar-refractivity contribution is -0.131. The monoisotopic (exact) mass is 895 g/mol. The molecule has 11 heteroatoms. The highest BCUT2D eigenvalue weighted by Gasteiger charge is 2.38. The molecule has 6 N–H and O–H groups in total. The van der Waals surface area contributed by atoms with E-state index in [0.29, 0.717) is 32.3 Å². The summed E-state index contributed by atoms with van der Waals surface area (Å²) in [4.78, 5) is 33.0. The van der Waals surface area contributed by atoms with Crippen LogP contribution in [0.25, 0.3) is 33.3 Å². The summed E-state index contributed by atoms with van der Waals surface area (Å²) in [6.45, 7) is 19.0. The number of aryl methyl sites for hydroxylation is 1. The Balaban J connectivity index is 0.000000730. The number of hydrazine groups is 1. The van der Waals surface area contributed by atoms with Gasteiger partial charge in [0.1, 0.15) is 18.8 Å². The summed E-state index contributed by atoms with van der Waals surface area (Å²) in [5.41, 5.74) is 10.3. The Hall–Kier alpha value is -5.85. The van der Waals surface area contributed by atoms with E-state index in [1.165, 1.54) is 81.9 Å². The first kappa shape index (κ1) is 51.1. The van der Waals surface area contributed by atoms with Gasteiger partial charge in [-0.25, -0.2) is 0 Å². The van der Waals surface area contributed by atoms with Crippen LogP contribution in [0.3, 0.4) is 0 Å². The number of nitrogens with two attached hydrogens (primary N) is 2. The number of aromatic nitrogens is 2. The zero-order chi connectivity index (χ0) is 48.0. The summed E-state index contributed by atoms with van der Waals surface area (Å²) >= 11 is 0. The van der Waals surface area contributed by atoms with Crippen LogP contribution in [0.4, 0.5) is 0 Å². The van der Waals surface area contributed by atoms with E-state index in [2.05, 4.69) is 148 Å². The number of pyridine rings is 1. The topological polar surface area (TPSA) is 144 Å². The van der Waals surface area contributed by atoms with Crippen LogP contribution in [0.15, 0.2) is 85.1 Å². The highest BCUT2D eigenvalue weighted by atomic mass is 16.5. The normalized spacial score (nSPS) is 17.6. The highest BCUT2D eigenvalue weighted by Crippen LogP contribution is 2.44. The smallest absolute Gasteiger partial charge is 0.248 e. The van der Waals surface area contributed by atoms with Crippen molar-refractivity contribution in [3.05, 3.63) is 102 Å². The summed E-state index contributed by atoms with van der Waals surface area (Å²) < 4.78 is 8.09. The Morgan fingerprint density at radius 3 is 2.42 bits per heavy atom. The van der Waals surface area contributed by atoms with E-state index >= 15 is 0 Å². The summed E-state index contributed by atoms with van der Waals surface area (Å²) in [6.07, 6.45) is 29.9. The second kappa shape index (κ2) is 23.6. The molecular weight excluding hydrogens is 821 g/mol. The molecule has 0 bridgehead atoms. The average Bonchev–Trinajstić information content (AvgIpc) is 3.90. The van der Waals surface area contributed by atoms with Crippen molar-refractivity contribution in [3.63, 3.8) is 0 Å². The van der Waals surface area contributed by atoms with Crippen LogP contribution >= 0.6 is 0 Å². The van der Waals surface area contributed by atoms with Crippen molar-refractivity contribution in [2.45, 2.75) is 130 Å². The van der Waals surface area contributed by atoms with Crippen LogP contribution in [0, 0.1) is 36.3 Å². The quantitative estimate of drug-likeness (QED) is 0.0231. The Kier molecular flexibility index (Phi) is 18.3. The lowest BCUT2D eigenvalue weighted by Gasteiger charge is -2.39. The molecule has 2 aliphatic carbocycles. The number of likely N-dealkylation sites (N-methyl/N-ethyl adjacent to an activating group) is 1. The SMILES string of the molecule is C#COCC(C)(C)Cc1c(-c2cccnc2C2CCCC2)n(CC)c2ccc(-c3cccc(CC4(NC(=O)C(C(C)C)N(C)C#C)CCCCC=C4C)c3)cc12.C=CC(=O)N1CNC1.NN. The molecule has 0 radical (unpaired) electrons. The third-order valence-corrected chi connectivity index (χ3v) is 13.5. The van der Waals surface area contributed by atoms with Gasteiger partial charge in [0.25, 0.3) is 0 Å². The third-order valence-electron chi connectivity index (χ3n) is 13.5. The lowest BCUT2D eigenvalue weighted by Crippen LogP contribution is -2.57. The Bertz CT molecular complexity index is 2410. The van der Waals surface area contributed by atoms with Crippen LogP contribution < -0.4 is 22.3 Å². The molecular formula is C55H74N8O3. The van der Waals surface area contributed by atoms with Crippen molar-refractivity contribution in [3.8, 4) is 47.4 Å². The first-order chi connectivity index (χ1) is 31.8. The zero-order valence-corrected chi connectivity index (χ0v) is 40.6. The van der Waals surface area contributed by atoms with Crippen molar-refractivity contribution in [1.82, 2.24) is 30.0 Å². The maximum Gasteiger partial charge on any atom is 0.248 e. The second-order valence-electron chi connectivity index (χ2n) is 19.1. The maximum atomic E-state index is 14.1. The van der Waals surface area contributed by atoms with Gasteiger partial charge in [0.2, 0.25) is 11.8 Å². The summed E-state index contributed by atoms with van der Waals surface area (Å²) in [7, 11) is 1.83. The fraction of sp³-hybridized carbons (Fsp3) is 0.473. The zero-order valence-electron chi connectivity index (χ0n) is 40.6. The Labute approximate surface area is 394 Å². The Morgan fingerprint density at radius 2 is 1.80 bits per heavy atom. The van der Waals surface area contributed by atoms with Crippen molar-refractivity contribution in [2.24, 2.45) is 23.0 Å². The van der Waals surface area contributed by atoms with Crippen molar-refractivity contribution >= 4 is 22.7 Å². The molecule has 3 heterocycles. The standard InChI is InChI=1S/C50H62N4O2.C5H8N2O.H4N2/c1-10-53(9)46(35(4)5)48(55)52-50(28-17-13-14-20-36(50)6)32-37-21-18-24-39(30-37)40-26-27-44-42(31-40)43(33-49(7,8)34-56-12-3)47(54(44)11-2)41-25-19-29-51-45(41)38-22-15-16-23-38;1-2-5(8)7-3-6-4-7;1-2/h1,3,18-21,24-27,29-31,35,38,46H,11,13-17,22-23,28,32-34H2,2,4-9H3,(H,52,55);2,6H,1,3-4H2;1-2H2. The van der Waals surface area contributed by atoms with E-state index in [0.717, 1.165) is 44.2 Å². The van der Waals surface area contributed by atoms with E-state index in [9.17, 15) is 9.59 Å². The van der Waals surface area contributed by atoms with Crippen molar-refractivity contribution in [1.29, 1.82) is 0 Å². The van der Waals surface area contributed by atoms with Gasteiger partial charge >= 0.3 is 0 Å². The molecule has 2 amide bonds. The van der Waals surface area contributed by atoms with E-state index in [-0.39, 0.29) is 23.1 Å². The molecule has 0 spiro atoms. The number of rotatable bonds is 15. The van der Waals surface area contributed by atoms with Crippen LogP contribution in [-0.2, 0) is 33.7 Å². The number of nitrogens with zero attached hydrogens (tertiary/aromatic N) is 4. The molecule has 2 fully saturated rings. The predicted molar refractivity (Wildman–Crippen MR) is 270 cm³/mol. The largest absolute Gasteiger partial charge is 0.446 e. The van der Waals surface area contributed by atoms with E-state index in [4.69, 9.17) is 22.6 Å². The summed E-state index contributed by atoms with van der Waals surface area (Å²) in [5.74, 6) is 8.54. The molecule has 2 unspecified atom stereocenters. The number of benzene rings is 2. The van der Waals surface area contributed by atoms with Crippen molar-refractivity contribution in [2.75, 3.05) is 27.0 Å². The number of ether oxygens (including phenoxy) is 1. The van der Waals surface area contributed by atoms with Gasteiger partial charge in [-0.3, -0.25) is 31.6 Å². The van der Waals surface area contributed by atoms with Gasteiger partial charge in [-0.2, -0.15) is 0 Å². The van der Waals surface area contributed by atoms with Crippen LogP contribution in [0.2, 0.25) is 0 Å². The number of hydrogen-bond donors (Lipinski definition) is 4. The number of nitrogens with one attached hydrogen (secondary N) is 2. The molecule has 2 aromatic heterocycles. The van der Waals surface area contributed by atoms with Gasteiger partial charge in [-0.1, -0.05) is 108 Å². The number of carbonyl (C=O) groups is 2. The van der Waals surface area contributed by atoms with Gasteiger partial charge in [0, 0.05) is 53.6 Å². The molecule has 352 valence electrons. The minimum atomic E-state index is -0.494. The average molecular weight is 895 g/mol. The van der Waals surface area contributed by atoms with Gasteiger partial charge in [-0.15, -0.1) is 0 Å². The number of fused-ring (bicyclic) bond motifs is 1. The molecule has 7 rings (SSSR count). The van der Waals surface area contributed by atoms with Gasteiger partial charge < -0.3 is 24.4 Å². The highest BCUT2D eigenvalue weighted by molar-refractivity contribution is 5.95.